The highest BCUT2D eigenvalue weighted by Crippen LogP contribution is 2.39. The smallest absolute Gasteiger partial charge is 0.189 e. The fourth-order valence-electron chi connectivity index (χ4n) is 1.58. The molecule has 1 nitrogen and oxygen atoms in total. The molecule has 3 heteroatoms. The minimum atomic E-state index is 0.882. The second-order valence-corrected chi connectivity index (χ2v) is 5.34. The Morgan fingerprint density at radius 1 is 0.765 bits per heavy atom. The van der Waals surface area contributed by atoms with Gasteiger partial charge < -0.3 is 4.74 Å². The lowest BCUT2D eigenvalue weighted by molar-refractivity contribution is 0.498. The lowest BCUT2D eigenvalue weighted by Gasteiger charge is -2.04. The SMILES string of the molecule is c1ccc(Oc2sccc2-c2cccs2)cc1. The average Bonchev–Trinajstić information content (AvgIpc) is 3.00. The summed E-state index contributed by atoms with van der Waals surface area (Å²) < 4.78 is 5.90. The summed E-state index contributed by atoms with van der Waals surface area (Å²) in [6.45, 7) is 0. The van der Waals surface area contributed by atoms with E-state index in [1.807, 2.05) is 30.3 Å². The van der Waals surface area contributed by atoms with Crippen molar-refractivity contribution in [3.05, 3.63) is 59.3 Å². The topological polar surface area (TPSA) is 9.23 Å². The van der Waals surface area contributed by atoms with Crippen LogP contribution < -0.4 is 4.74 Å². The molecule has 0 unspecified atom stereocenters. The van der Waals surface area contributed by atoms with Gasteiger partial charge in [-0.25, -0.2) is 0 Å². The van der Waals surface area contributed by atoms with Crippen LogP contribution in [0.4, 0.5) is 0 Å². The molecule has 0 aliphatic carbocycles. The molecule has 1 aromatic carbocycles. The van der Waals surface area contributed by atoms with E-state index in [-0.39, 0.29) is 0 Å². The van der Waals surface area contributed by atoms with Gasteiger partial charge in [0, 0.05) is 10.4 Å². The van der Waals surface area contributed by atoms with Gasteiger partial charge >= 0.3 is 0 Å². The summed E-state index contributed by atoms with van der Waals surface area (Å²) in [5.74, 6) is 0.882. The summed E-state index contributed by atoms with van der Waals surface area (Å²) in [5.41, 5.74) is 1.17. The molecule has 0 saturated heterocycles. The Hall–Kier alpha value is -1.58. The van der Waals surface area contributed by atoms with Gasteiger partial charge in [0.25, 0.3) is 0 Å². The molecule has 84 valence electrons. The van der Waals surface area contributed by atoms with Crippen molar-refractivity contribution in [2.24, 2.45) is 0 Å². The van der Waals surface area contributed by atoms with Crippen LogP contribution in [0.5, 0.6) is 10.8 Å². The highest BCUT2D eigenvalue weighted by molar-refractivity contribution is 7.15. The lowest BCUT2D eigenvalue weighted by atomic mass is 10.3. The lowest BCUT2D eigenvalue weighted by Crippen LogP contribution is -1.81. The molecule has 0 amide bonds. The van der Waals surface area contributed by atoms with Gasteiger partial charge in [-0.05, 0) is 35.0 Å². The molecule has 0 N–H and O–H groups in total. The summed E-state index contributed by atoms with van der Waals surface area (Å²) in [6, 6.07) is 16.2. The van der Waals surface area contributed by atoms with Crippen molar-refractivity contribution in [2.45, 2.75) is 0 Å². The number of benzene rings is 1. The van der Waals surface area contributed by atoms with Gasteiger partial charge in [0.1, 0.15) is 5.75 Å². The van der Waals surface area contributed by atoms with Crippen LogP contribution in [-0.4, -0.2) is 0 Å². The number of hydrogen-bond acceptors (Lipinski definition) is 3. The summed E-state index contributed by atoms with van der Waals surface area (Å²) in [5, 5.41) is 5.10. The van der Waals surface area contributed by atoms with Gasteiger partial charge in [-0.3, -0.25) is 0 Å². The van der Waals surface area contributed by atoms with Gasteiger partial charge in [-0.15, -0.1) is 22.7 Å². The van der Waals surface area contributed by atoms with Crippen molar-refractivity contribution in [2.75, 3.05) is 0 Å². The average molecular weight is 258 g/mol. The van der Waals surface area contributed by atoms with E-state index in [2.05, 4.69) is 29.0 Å². The van der Waals surface area contributed by atoms with Gasteiger partial charge in [0.05, 0.1) is 0 Å². The van der Waals surface area contributed by atoms with Crippen LogP contribution in [0.2, 0.25) is 0 Å². The van der Waals surface area contributed by atoms with E-state index in [9.17, 15) is 0 Å². The van der Waals surface area contributed by atoms with Crippen molar-refractivity contribution < 1.29 is 4.74 Å². The zero-order chi connectivity index (χ0) is 11.5. The zero-order valence-corrected chi connectivity index (χ0v) is 10.6. The van der Waals surface area contributed by atoms with E-state index in [1.165, 1.54) is 10.4 Å². The minimum Gasteiger partial charge on any atom is -0.446 e. The minimum absolute atomic E-state index is 0.882. The largest absolute Gasteiger partial charge is 0.446 e. The molecule has 2 heterocycles. The molecule has 0 aliphatic heterocycles. The first-order valence-corrected chi connectivity index (χ1v) is 7.04. The number of hydrogen-bond donors (Lipinski definition) is 0. The van der Waals surface area contributed by atoms with Crippen LogP contribution in [0.25, 0.3) is 10.4 Å². The standard InChI is InChI=1S/C14H10OS2/c1-2-5-11(6-3-1)15-14-12(8-10-17-14)13-7-4-9-16-13/h1-10H. The quantitative estimate of drug-likeness (QED) is 0.622. The van der Waals surface area contributed by atoms with E-state index >= 15 is 0 Å². The molecule has 0 fully saturated rings. The van der Waals surface area contributed by atoms with Crippen molar-refractivity contribution >= 4 is 22.7 Å². The van der Waals surface area contributed by atoms with Crippen LogP contribution >= 0.6 is 22.7 Å². The van der Waals surface area contributed by atoms with Crippen LogP contribution in [-0.2, 0) is 0 Å². The third kappa shape index (κ3) is 2.25. The molecule has 0 saturated carbocycles. The Balaban J connectivity index is 1.92. The van der Waals surface area contributed by atoms with E-state index in [0.29, 0.717) is 0 Å². The first-order valence-electron chi connectivity index (χ1n) is 5.28. The Bertz CT molecular complexity index is 582. The van der Waals surface area contributed by atoms with Gasteiger partial charge in [0.2, 0.25) is 0 Å². The Morgan fingerprint density at radius 2 is 1.65 bits per heavy atom. The second kappa shape index (κ2) is 4.73. The zero-order valence-electron chi connectivity index (χ0n) is 9.00. The van der Waals surface area contributed by atoms with Crippen molar-refractivity contribution in [3.8, 4) is 21.3 Å². The Kier molecular flexibility index (Phi) is 2.94. The Labute approximate surface area is 108 Å². The first kappa shape index (κ1) is 10.6. The number of ether oxygens (including phenoxy) is 1. The summed E-state index contributed by atoms with van der Waals surface area (Å²) >= 11 is 3.36. The first-order chi connectivity index (χ1) is 8.43. The summed E-state index contributed by atoms with van der Waals surface area (Å²) in [4.78, 5) is 1.25. The molecule has 3 aromatic rings. The third-order valence-electron chi connectivity index (χ3n) is 2.37. The van der Waals surface area contributed by atoms with E-state index in [4.69, 9.17) is 4.74 Å². The monoisotopic (exact) mass is 258 g/mol. The number of rotatable bonds is 3. The molecule has 0 radical (unpaired) electrons. The molecule has 0 spiro atoms. The van der Waals surface area contributed by atoms with Crippen LogP contribution in [0.1, 0.15) is 0 Å². The van der Waals surface area contributed by atoms with E-state index in [0.717, 1.165) is 10.8 Å². The van der Waals surface area contributed by atoms with Crippen LogP contribution in [0, 0.1) is 0 Å². The summed E-state index contributed by atoms with van der Waals surface area (Å²) in [7, 11) is 0. The summed E-state index contributed by atoms with van der Waals surface area (Å²) in [6.07, 6.45) is 0. The van der Waals surface area contributed by atoms with Crippen molar-refractivity contribution in [1.29, 1.82) is 0 Å². The van der Waals surface area contributed by atoms with Crippen LogP contribution in [0.3, 0.4) is 0 Å². The predicted octanol–water partition coefficient (Wildman–Crippen LogP) is 5.27. The molecule has 0 bridgehead atoms. The van der Waals surface area contributed by atoms with E-state index < -0.39 is 0 Å². The van der Waals surface area contributed by atoms with Gasteiger partial charge in [-0.2, -0.15) is 0 Å². The normalized spacial score (nSPS) is 10.4. The molecule has 0 atom stereocenters. The fraction of sp³-hybridized carbons (Fsp3) is 0. The van der Waals surface area contributed by atoms with Gasteiger partial charge in [-0.1, -0.05) is 24.3 Å². The molecule has 2 aromatic heterocycles. The molecule has 3 rings (SSSR count). The highest BCUT2D eigenvalue weighted by Gasteiger charge is 2.09. The molecule has 0 aliphatic rings. The molecule has 17 heavy (non-hydrogen) atoms. The van der Waals surface area contributed by atoms with Crippen molar-refractivity contribution in [3.63, 3.8) is 0 Å². The molecular weight excluding hydrogens is 248 g/mol. The van der Waals surface area contributed by atoms with Crippen LogP contribution in [0.15, 0.2) is 59.3 Å². The highest BCUT2D eigenvalue weighted by atomic mass is 32.1. The van der Waals surface area contributed by atoms with E-state index in [1.54, 1.807) is 22.7 Å². The fourth-order valence-corrected chi connectivity index (χ4v) is 3.17. The second-order valence-electron chi connectivity index (χ2n) is 3.51. The number of para-hydroxylation sites is 1. The van der Waals surface area contributed by atoms with Crippen molar-refractivity contribution in [1.82, 2.24) is 0 Å². The predicted molar refractivity (Wildman–Crippen MR) is 74.1 cm³/mol. The number of thiophene rings is 2. The Morgan fingerprint density at radius 3 is 2.41 bits per heavy atom. The maximum Gasteiger partial charge on any atom is 0.189 e. The van der Waals surface area contributed by atoms with Gasteiger partial charge in [0.15, 0.2) is 5.06 Å². The third-order valence-corrected chi connectivity index (χ3v) is 4.06. The maximum absolute atomic E-state index is 5.90. The maximum atomic E-state index is 5.90. The molecular formula is C14H10OS2.